The molecule has 2 N–H and O–H groups in total. The van der Waals surface area contributed by atoms with Gasteiger partial charge in [-0.1, -0.05) is 5.16 Å². The smallest absolute Gasteiger partial charge is 0.174 e. The van der Waals surface area contributed by atoms with E-state index in [0.717, 1.165) is 16.7 Å². The Hall–Kier alpha value is -1.75. The molecule has 0 saturated carbocycles. The van der Waals surface area contributed by atoms with E-state index in [4.69, 9.17) is 19.7 Å². The van der Waals surface area contributed by atoms with Gasteiger partial charge in [0.2, 0.25) is 0 Å². The first kappa shape index (κ1) is 8.55. The van der Waals surface area contributed by atoms with Crippen LogP contribution in [0.2, 0.25) is 0 Å². The van der Waals surface area contributed by atoms with Crippen LogP contribution < -0.4 is 15.2 Å². The lowest BCUT2D eigenvalue weighted by atomic mass is 10.2. The van der Waals surface area contributed by atoms with Crippen molar-refractivity contribution in [2.24, 2.45) is 5.73 Å². The van der Waals surface area contributed by atoms with Crippen molar-refractivity contribution in [2.45, 2.75) is 6.10 Å². The summed E-state index contributed by atoms with van der Waals surface area (Å²) in [7, 11) is 0. The molecule has 3 rings (SSSR count). The maximum absolute atomic E-state index is 5.70. The molecular weight excluding hydrogens is 196 g/mol. The third-order valence-corrected chi connectivity index (χ3v) is 2.43. The summed E-state index contributed by atoms with van der Waals surface area (Å²) >= 11 is 0. The van der Waals surface area contributed by atoms with E-state index in [0.29, 0.717) is 18.9 Å². The molecule has 0 radical (unpaired) electrons. The SMILES string of the molecule is NCC1COc2ccc3nocc3c2O1. The molecule has 78 valence electrons. The number of ether oxygens (including phenoxy) is 2. The molecule has 0 bridgehead atoms. The van der Waals surface area contributed by atoms with Crippen molar-refractivity contribution in [1.82, 2.24) is 5.16 Å². The molecule has 1 aliphatic heterocycles. The van der Waals surface area contributed by atoms with Crippen LogP contribution in [0.25, 0.3) is 10.9 Å². The first-order valence-corrected chi connectivity index (χ1v) is 4.75. The molecule has 1 aromatic carbocycles. The Morgan fingerprint density at radius 2 is 2.40 bits per heavy atom. The Kier molecular flexibility index (Phi) is 1.78. The zero-order valence-corrected chi connectivity index (χ0v) is 7.97. The lowest BCUT2D eigenvalue weighted by molar-refractivity contribution is 0.0989. The third kappa shape index (κ3) is 1.24. The van der Waals surface area contributed by atoms with Crippen LogP contribution in [0.1, 0.15) is 0 Å². The molecular formula is C10H10N2O3. The lowest BCUT2D eigenvalue weighted by Crippen LogP contribution is -2.35. The predicted molar refractivity (Wildman–Crippen MR) is 53.0 cm³/mol. The standard InChI is InChI=1S/C10H10N2O3/c11-3-6-4-13-9-2-1-8-7(5-14-12-8)10(9)15-6/h1-2,5-6H,3-4,11H2. The highest BCUT2D eigenvalue weighted by atomic mass is 16.6. The maximum Gasteiger partial charge on any atom is 0.174 e. The van der Waals surface area contributed by atoms with Gasteiger partial charge in [0.25, 0.3) is 0 Å². The minimum Gasteiger partial charge on any atom is -0.486 e. The van der Waals surface area contributed by atoms with E-state index in [1.165, 1.54) is 0 Å². The molecule has 0 saturated heterocycles. The third-order valence-electron chi connectivity index (χ3n) is 2.43. The lowest BCUT2D eigenvalue weighted by Gasteiger charge is -2.25. The highest BCUT2D eigenvalue weighted by Gasteiger charge is 2.22. The van der Waals surface area contributed by atoms with Gasteiger partial charge in [0.1, 0.15) is 24.5 Å². The second kappa shape index (κ2) is 3.13. The normalized spacial score (nSPS) is 19.4. The van der Waals surface area contributed by atoms with Gasteiger partial charge in [0.05, 0.1) is 5.39 Å². The summed E-state index contributed by atoms with van der Waals surface area (Å²) in [4.78, 5) is 0. The summed E-state index contributed by atoms with van der Waals surface area (Å²) in [6.45, 7) is 0.918. The van der Waals surface area contributed by atoms with E-state index in [1.807, 2.05) is 12.1 Å². The predicted octanol–water partition coefficient (Wildman–Crippen LogP) is 0.926. The number of benzene rings is 1. The summed E-state index contributed by atoms with van der Waals surface area (Å²) in [6.07, 6.45) is 1.45. The zero-order chi connectivity index (χ0) is 10.3. The molecule has 0 fully saturated rings. The maximum atomic E-state index is 5.70. The molecule has 5 heteroatoms. The van der Waals surface area contributed by atoms with Crippen LogP contribution in [0.5, 0.6) is 11.5 Å². The molecule has 1 aromatic heterocycles. The number of nitrogens with zero attached hydrogens (tertiary/aromatic N) is 1. The molecule has 5 nitrogen and oxygen atoms in total. The Bertz CT molecular complexity index is 494. The second-order valence-electron chi connectivity index (χ2n) is 3.43. The zero-order valence-electron chi connectivity index (χ0n) is 7.97. The Morgan fingerprint density at radius 3 is 3.27 bits per heavy atom. The Labute approximate surface area is 85.7 Å². The van der Waals surface area contributed by atoms with Crippen molar-refractivity contribution >= 4 is 10.9 Å². The summed E-state index contributed by atoms with van der Waals surface area (Å²) < 4.78 is 16.1. The van der Waals surface area contributed by atoms with Gasteiger partial charge < -0.3 is 19.7 Å². The van der Waals surface area contributed by atoms with Crippen LogP contribution in [0.4, 0.5) is 0 Å². The molecule has 0 spiro atoms. The number of fused-ring (bicyclic) bond motifs is 3. The molecule has 1 unspecified atom stereocenters. The van der Waals surface area contributed by atoms with Crippen LogP contribution in [0.3, 0.4) is 0 Å². The highest BCUT2D eigenvalue weighted by molar-refractivity contribution is 5.87. The van der Waals surface area contributed by atoms with Gasteiger partial charge in [-0.15, -0.1) is 0 Å². The molecule has 2 aromatic rings. The van der Waals surface area contributed by atoms with E-state index in [2.05, 4.69) is 5.16 Å². The number of rotatable bonds is 1. The number of hydrogen-bond acceptors (Lipinski definition) is 5. The molecule has 1 atom stereocenters. The summed E-state index contributed by atoms with van der Waals surface area (Å²) in [5.41, 5.74) is 6.29. The van der Waals surface area contributed by atoms with Crippen molar-refractivity contribution in [1.29, 1.82) is 0 Å². The topological polar surface area (TPSA) is 70.5 Å². The highest BCUT2D eigenvalue weighted by Crippen LogP contribution is 2.38. The van der Waals surface area contributed by atoms with E-state index in [9.17, 15) is 0 Å². The van der Waals surface area contributed by atoms with E-state index in [1.54, 1.807) is 6.26 Å². The Morgan fingerprint density at radius 1 is 1.47 bits per heavy atom. The first-order valence-electron chi connectivity index (χ1n) is 4.75. The van der Waals surface area contributed by atoms with Crippen LogP contribution in [0, 0.1) is 0 Å². The van der Waals surface area contributed by atoms with Gasteiger partial charge >= 0.3 is 0 Å². The first-order chi connectivity index (χ1) is 7.38. The fourth-order valence-corrected chi connectivity index (χ4v) is 1.63. The van der Waals surface area contributed by atoms with Gasteiger partial charge in [0, 0.05) is 6.54 Å². The minimum atomic E-state index is -0.0991. The van der Waals surface area contributed by atoms with Crippen LogP contribution in [-0.4, -0.2) is 24.4 Å². The fraction of sp³-hybridized carbons (Fsp3) is 0.300. The molecule has 1 aliphatic rings. The van der Waals surface area contributed by atoms with Crippen molar-refractivity contribution in [3.63, 3.8) is 0 Å². The fourth-order valence-electron chi connectivity index (χ4n) is 1.63. The quantitative estimate of drug-likeness (QED) is 0.751. The van der Waals surface area contributed by atoms with Crippen molar-refractivity contribution in [2.75, 3.05) is 13.2 Å². The number of hydrogen-bond donors (Lipinski definition) is 1. The van der Waals surface area contributed by atoms with Crippen LogP contribution >= 0.6 is 0 Å². The molecule has 0 amide bonds. The molecule has 2 heterocycles. The summed E-state index contributed by atoms with van der Waals surface area (Å²) in [6, 6.07) is 3.66. The summed E-state index contributed by atoms with van der Waals surface area (Å²) in [5.74, 6) is 1.39. The van der Waals surface area contributed by atoms with Crippen LogP contribution in [0.15, 0.2) is 22.9 Å². The molecule has 0 aliphatic carbocycles. The van der Waals surface area contributed by atoms with E-state index < -0.39 is 0 Å². The monoisotopic (exact) mass is 206 g/mol. The Balaban J connectivity index is 2.15. The van der Waals surface area contributed by atoms with E-state index >= 15 is 0 Å². The van der Waals surface area contributed by atoms with Crippen molar-refractivity contribution in [3.05, 3.63) is 18.4 Å². The van der Waals surface area contributed by atoms with Crippen molar-refractivity contribution < 1.29 is 14.0 Å². The van der Waals surface area contributed by atoms with Gasteiger partial charge in [0.15, 0.2) is 11.5 Å². The van der Waals surface area contributed by atoms with Crippen LogP contribution in [-0.2, 0) is 0 Å². The summed E-state index contributed by atoms with van der Waals surface area (Å²) in [5, 5.41) is 4.66. The minimum absolute atomic E-state index is 0.0991. The second-order valence-corrected chi connectivity index (χ2v) is 3.43. The van der Waals surface area contributed by atoms with Gasteiger partial charge in [-0.25, -0.2) is 0 Å². The largest absolute Gasteiger partial charge is 0.486 e. The average Bonchev–Trinajstić information content (AvgIpc) is 2.76. The average molecular weight is 206 g/mol. The van der Waals surface area contributed by atoms with Gasteiger partial charge in [-0.2, -0.15) is 0 Å². The number of aromatic nitrogens is 1. The number of nitrogens with two attached hydrogens (primary N) is 1. The molecule has 15 heavy (non-hydrogen) atoms. The van der Waals surface area contributed by atoms with E-state index in [-0.39, 0.29) is 6.10 Å². The van der Waals surface area contributed by atoms with Crippen molar-refractivity contribution in [3.8, 4) is 11.5 Å². The van der Waals surface area contributed by atoms with Gasteiger partial charge in [-0.3, -0.25) is 0 Å². The van der Waals surface area contributed by atoms with Gasteiger partial charge in [-0.05, 0) is 12.1 Å².